The molecule has 0 saturated heterocycles. The van der Waals surface area contributed by atoms with E-state index in [1.54, 1.807) is 12.1 Å². The highest BCUT2D eigenvalue weighted by Gasteiger charge is 2.19. The Labute approximate surface area is 173 Å². The minimum Gasteiger partial charge on any atom is -0.457 e. The summed E-state index contributed by atoms with van der Waals surface area (Å²) in [6.07, 6.45) is 1.40. The molecule has 0 aliphatic carbocycles. The number of halogens is 2. The summed E-state index contributed by atoms with van der Waals surface area (Å²) in [6, 6.07) is 13.1. The lowest BCUT2D eigenvalue weighted by atomic mass is 10.1. The second-order valence-electron chi connectivity index (χ2n) is 5.72. The second kappa shape index (κ2) is 8.14. The summed E-state index contributed by atoms with van der Waals surface area (Å²) >= 11 is 12.0. The number of allylic oxidation sites excluding steroid dienone is 1. The minimum atomic E-state index is -0.637. The minimum absolute atomic E-state index is 0.104. The van der Waals surface area contributed by atoms with Crippen LogP contribution < -0.4 is 0 Å². The highest BCUT2D eigenvalue weighted by atomic mass is 35.5. The molecule has 3 aromatic rings. The molecule has 0 atom stereocenters. The average molecular weight is 430 g/mol. The van der Waals surface area contributed by atoms with Crippen LogP contribution >= 0.6 is 23.2 Å². The topological polar surface area (TPSA) is 123 Å². The van der Waals surface area contributed by atoms with E-state index >= 15 is 0 Å². The number of nitro groups is 2. The van der Waals surface area contributed by atoms with E-state index in [-0.39, 0.29) is 44.1 Å². The Balaban J connectivity index is 2.01. The molecule has 144 valence electrons. The zero-order chi connectivity index (χ0) is 21.1. The van der Waals surface area contributed by atoms with E-state index in [2.05, 4.69) is 0 Å². The molecule has 3 rings (SSSR count). The second-order valence-corrected chi connectivity index (χ2v) is 6.53. The maximum Gasteiger partial charge on any atom is 0.288 e. The van der Waals surface area contributed by atoms with Gasteiger partial charge in [-0.1, -0.05) is 35.3 Å². The Hall–Kier alpha value is -3.67. The first kappa shape index (κ1) is 20.1. The van der Waals surface area contributed by atoms with Crippen LogP contribution in [0.4, 0.5) is 11.4 Å². The van der Waals surface area contributed by atoms with Crippen molar-refractivity contribution in [3.05, 3.63) is 90.1 Å². The number of benzene rings is 2. The van der Waals surface area contributed by atoms with E-state index in [1.807, 2.05) is 6.07 Å². The first-order valence-corrected chi connectivity index (χ1v) is 8.66. The largest absolute Gasteiger partial charge is 0.457 e. The Bertz CT molecular complexity index is 1210. The van der Waals surface area contributed by atoms with Crippen molar-refractivity contribution in [1.29, 1.82) is 5.26 Å². The van der Waals surface area contributed by atoms with Gasteiger partial charge in [-0.15, -0.1) is 0 Å². The standard InChI is InChI=1S/C19H9Cl2N3O5/c20-16-9-17(21)18(24(27)28)8-15(16)19-5-4-14(29-19)7-12(10-22)11-2-1-3-13(6-11)23(25)26/h1-9H/b12-7-. The summed E-state index contributed by atoms with van der Waals surface area (Å²) in [5.74, 6) is 0.495. The summed E-state index contributed by atoms with van der Waals surface area (Å²) < 4.78 is 5.65. The molecule has 0 saturated carbocycles. The van der Waals surface area contributed by atoms with Gasteiger partial charge in [0.25, 0.3) is 11.4 Å². The van der Waals surface area contributed by atoms with Gasteiger partial charge in [0.2, 0.25) is 0 Å². The van der Waals surface area contributed by atoms with Crippen molar-refractivity contribution in [3.63, 3.8) is 0 Å². The Morgan fingerprint density at radius 1 is 1.03 bits per heavy atom. The quantitative estimate of drug-likeness (QED) is 0.272. The van der Waals surface area contributed by atoms with Crippen LogP contribution in [0.2, 0.25) is 10.0 Å². The van der Waals surface area contributed by atoms with Crippen molar-refractivity contribution in [1.82, 2.24) is 0 Å². The lowest BCUT2D eigenvalue weighted by Gasteiger charge is -2.03. The van der Waals surface area contributed by atoms with Gasteiger partial charge in [-0.05, 0) is 29.8 Å². The smallest absolute Gasteiger partial charge is 0.288 e. The molecule has 0 N–H and O–H groups in total. The molecule has 0 fully saturated rings. The summed E-state index contributed by atoms with van der Waals surface area (Å²) in [5.41, 5.74) is 0.275. The molecule has 2 aromatic carbocycles. The van der Waals surface area contributed by atoms with Gasteiger partial charge in [0.15, 0.2) is 0 Å². The Morgan fingerprint density at radius 2 is 1.79 bits per heavy atom. The Morgan fingerprint density at radius 3 is 2.45 bits per heavy atom. The number of nitriles is 1. The predicted molar refractivity (Wildman–Crippen MR) is 107 cm³/mol. The molecule has 1 heterocycles. The van der Waals surface area contributed by atoms with E-state index in [0.29, 0.717) is 5.56 Å². The molecule has 29 heavy (non-hydrogen) atoms. The molecule has 10 heteroatoms. The SMILES string of the molecule is N#C/C(=C/c1ccc(-c2cc([N+](=O)[O-])c(Cl)cc2Cl)o1)c1cccc([N+](=O)[O-])c1. The van der Waals surface area contributed by atoms with Gasteiger partial charge in [0.05, 0.1) is 26.5 Å². The molecule has 0 aliphatic heterocycles. The van der Waals surface area contributed by atoms with Crippen LogP contribution in [0, 0.1) is 31.6 Å². The number of furan rings is 1. The maximum atomic E-state index is 11.1. The average Bonchev–Trinajstić information content (AvgIpc) is 3.14. The number of hydrogen-bond acceptors (Lipinski definition) is 6. The molecule has 0 radical (unpaired) electrons. The molecular weight excluding hydrogens is 421 g/mol. The maximum absolute atomic E-state index is 11.1. The van der Waals surface area contributed by atoms with Gasteiger partial charge in [0.1, 0.15) is 16.5 Å². The molecule has 0 spiro atoms. The highest BCUT2D eigenvalue weighted by molar-refractivity contribution is 6.37. The first-order valence-electron chi connectivity index (χ1n) is 7.90. The fourth-order valence-electron chi connectivity index (χ4n) is 2.55. The normalized spacial score (nSPS) is 11.1. The van der Waals surface area contributed by atoms with E-state index in [9.17, 15) is 25.5 Å². The van der Waals surface area contributed by atoms with E-state index in [4.69, 9.17) is 27.6 Å². The Kier molecular flexibility index (Phi) is 5.64. The van der Waals surface area contributed by atoms with Crippen molar-refractivity contribution >= 4 is 46.2 Å². The summed E-state index contributed by atoms with van der Waals surface area (Å²) in [5, 5.41) is 31.5. The number of hydrogen-bond donors (Lipinski definition) is 0. The lowest BCUT2D eigenvalue weighted by molar-refractivity contribution is -0.385. The van der Waals surface area contributed by atoms with E-state index in [0.717, 1.165) is 0 Å². The van der Waals surface area contributed by atoms with E-state index in [1.165, 1.54) is 42.5 Å². The first-order chi connectivity index (χ1) is 13.8. The molecule has 0 unspecified atom stereocenters. The summed E-state index contributed by atoms with van der Waals surface area (Å²) in [4.78, 5) is 20.8. The third-order valence-electron chi connectivity index (χ3n) is 3.90. The molecule has 0 bridgehead atoms. The van der Waals surface area contributed by atoms with Gasteiger partial charge in [-0.25, -0.2) is 0 Å². The fraction of sp³-hybridized carbons (Fsp3) is 0. The number of rotatable bonds is 5. The summed E-state index contributed by atoms with van der Waals surface area (Å²) in [6.45, 7) is 0. The van der Waals surface area contributed by atoms with Gasteiger partial charge >= 0.3 is 0 Å². The molecular formula is C19H9Cl2N3O5. The third-order valence-corrected chi connectivity index (χ3v) is 4.52. The predicted octanol–water partition coefficient (Wildman–Crippen LogP) is 6.13. The zero-order valence-corrected chi connectivity index (χ0v) is 15.8. The van der Waals surface area contributed by atoms with Gasteiger partial charge in [-0.2, -0.15) is 5.26 Å². The number of nitrogens with zero attached hydrogens (tertiary/aromatic N) is 3. The molecule has 1 aromatic heterocycles. The van der Waals surface area contributed by atoms with Crippen LogP contribution in [-0.4, -0.2) is 9.85 Å². The summed E-state index contributed by atoms with van der Waals surface area (Å²) in [7, 11) is 0. The van der Waals surface area contributed by atoms with Gasteiger partial charge < -0.3 is 4.42 Å². The van der Waals surface area contributed by atoms with Gasteiger partial charge in [-0.3, -0.25) is 20.2 Å². The number of nitro benzene ring substituents is 2. The van der Waals surface area contributed by atoms with Crippen LogP contribution in [0.25, 0.3) is 23.0 Å². The van der Waals surface area contributed by atoms with Crippen molar-refractivity contribution in [3.8, 4) is 17.4 Å². The van der Waals surface area contributed by atoms with Crippen LogP contribution in [0.1, 0.15) is 11.3 Å². The van der Waals surface area contributed by atoms with E-state index < -0.39 is 9.85 Å². The van der Waals surface area contributed by atoms with Crippen LogP contribution in [0.15, 0.2) is 52.9 Å². The zero-order valence-electron chi connectivity index (χ0n) is 14.3. The van der Waals surface area contributed by atoms with Crippen molar-refractivity contribution < 1.29 is 14.3 Å². The van der Waals surface area contributed by atoms with Crippen molar-refractivity contribution in [2.24, 2.45) is 0 Å². The molecule has 8 nitrogen and oxygen atoms in total. The van der Waals surface area contributed by atoms with Crippen LogP contribution in [0.5, 0.6) is 0 Å². The van der Waals surface area contributed by atoms with Crippen molar-refractivity contribution in [2.45, 2.75) is 0 Å². The third kappa shape index (κ3) is 4.27. The van der Waals surface area contributed by atoms with Crippen LogP contribution in [0.3, 0.4) is 0 Å². The fourth-order valence-corrected chi connectivity index (χ4v) is 3.10. The lowest BCUT2D eigenvalue weighted by Crippen LogP contribution is -1.90. The van der Waals surface area contributed by atoms with Crippen LogP contribution in [-0.2, 0) is 0 Å². The van der Waals surface area contributed by atoms with Gasteiger partial charge in [0, 0.05) is 23.8 Å². The monoisotopic (exact) mass is 429 g/mol. The molecule has 0 amide bonds. The molecule has 0 aliphatic rings. The van der Waals surface area contributed by atoms with Crippen molar-refractivity contribution in [2.75, 3.05) is 0 Å². The number of non-ortho nitro benzene ring substituents is 1. The highest BCUT2D eigenvalue weighted by Crippen LogP contribution is 2.37.